The van der Waals surface area contributed by atoms with Gasteiger partial charge in [-0.25, -0.2) is 9.78 Å². The number of amides is 2. The predicted molar refractivity (Wildman–Crippen MR) is 72.4 cm³/mol. The Hall–Kier alpha value is -2.11. The predicted octanol–water partition coefficient (Wildman–Crippen LogP) is 1.71. The number of aromatic nitrogens is 1. The molecule has 1 aromatic rings. The van der Waals surface area contributed by atoms with Crippen molar-refractivity contribution in [2.75, 3.05) is 11.9 Å². The highest BCUT2D eigenvalue weighted by Crippen LogP contribution is 1.98. The Bertz CT molecular complexity index is 391. The van der Waals surface area contributed by atoms with Gasteiger partial charge in [0.25, 0.3) is 0 Å². The summed E-state index contributed by atoms with van der Waals surface area (Å²) in [6.07, 6.45) is 4.80. The molecule has 98 valence electrons. The molecule has 18 heavy (non-hydrogen) atoms. The molecule has 0 aromatic carbocycles. The van der Waals surface area contributed by atoms with E-state index < -0.39 is 6.03 Å². The number of guanidine groups is 1. The lowest BCUT2D eigenvalue weighted by atomic mass is 10.2. The Labute approximate surface area is 107 Å². The number of hydrogen-bond acceptors (Lipinski definition) is 3. The summed E-state index contributed by atoms with van der Waals surface area (Å²) in [7, 11) is 0. The highest BCUT2D eigenvalue weighted by molar-refractivity contribution is 6.01. The molecule has 0 atom stereocenters. The summed E-state index contributed by atoms with van der Waals surface area (Å²) in [6, 6.07) is 4.80. The van der Waals surface area contributed by atoms with Crippen LogP contribution >= 0.6 is 0 Å². The van der Waals surface area contributed by atoms with Crippen LogP contribution in [0.4, 0.5) is 10.6 Å². The highest BCUT2D eigenvalue weighted by Gasteiger charge is 2.02. The van der Waals surface area contributed by atoms with Crippen LogP contribution in [0, 0.1) is 0 Å². The molecular formula is C12H19N5O. The molecule has 0 spiro atoms. The summed E-state index contributed by atoms with van der Waals surface area (Å²) in [5.41, 5.74) is 5.57. The molecule has 0 fully saturated rings. The Balaban J connectivity index is 2.31. The van der Waals surface area contributed by atoms with Crippen molar-refractivity contribution in [3.8, 4) is 0 Å². The summed E-state index contributed by atoms with van der Waals surface area (Å²) >= 11 is 0. The zero-order valence-corrected chi connectivity index (χ0v) is 10.5. The van der Waals surface area contributed by atoms with Gasteiger partial charge in [0.2, 0.25) is 0 Å². The third kappa shape index (κ3) is 5.83. The second-order valence-corrected chi connectivity index (χ2v) is 3.77. The zero-order chi connectivity index (χ0) is 13.2. The molecule has 0 unspecified atom stereocenters. The standard InChI is InChI=1S/C12H19N5O/c1-2-3-5-9-15-11(13)17-12(18)16-10-7-4-6-8-14-10/h4,6-8H,2-3,5,9H2,1H3,(H4,13,14,15,16,17,18). The van der Waals surface area contributed by atoms with Gasteiger partial charge in [-0.05, 0) is 18.6 Å². The zero-order valence-electron chi connectivity index (χ0n) is 10.5. The minimum absolute atomic E-state index is 0.125. The van der Waals surface area contributed by atoms with Crippen LogP contribution < -0.4 is 16.4 Å². The van der Waals surface area contributed by atoms with E-state index in [9.17, 15) is 4.79 Å². The number of nitrogens with two attached hydrogens (primary N) is 1. The first-order valence-corrected chi connectivity index (χ1v) is 6.01. The lowest BCUT2D eigenvalue weighted by molar-refractivity contribution is 0.256. The van der Waals surface area contributed by atoms with E-state index in [-0.39, 0.29) is 5.96 Å². The van der Waals surface area contributed by atoms with Gasteiger partial charge in [0.15, 0.2) is 5.96 Å². The molecule has 2 amide bonds. The maximum Gasteiger partial charge on any atom is 0.327 e. The first kappa shape index (κ1) is 14.0. The molecule has 1 aromatic heterocycles. The maximum atomic E-state index is 11.5. The van der Waals surface area contributed by atoms with E-state index in [0.29, 0.717) is 12.4 Å². The molecule has 0 aliphatic heterocycles. The van der Waals surface area contributed by atoms with Crippen LogP contribution in [-0.4, -0.2) is 23.5 Å². The molecule has 4 N–H and O–H groups in total. The van der Waals surface area contributed by atoms with Crippen LogP contribution in [0.25, 0.3) is 0 Å². The fourth-order valence-corrected chi connectivity index (χ4v) is 1.30. The fraction of sp³-hybridized carbons (Fsp3) is 0.417. The van der Waals surface area contributed by atoms with Crippen molar-refractivity contribution in [1.82, 2.24) is 10.3 Å². The van der Waals surface area contributed by atoms with Gasteiger partial charge in [-0.2, -0.15) is 0 Å². The van der Waals surface area contributed by atoms with Crippen molar-refractivity contribution in [2.45, 2.75) is 26.2 Å². The van der Waals surface area contributed by atoms with Gasteiger partial charge in [0, 0.05) is 12.7 Å². The number of rotatable bonds is 5. The molecule has 0 saturated heterocycles. The van der Waals surface area contributed by atoms with Crippen LogP contribution in [-0.2, 0) is 0 Å². The number of pyridine rings is 1. The largest absolute Gasteiger partial charge is 0.370 e. The van der Waals surface area contributed by atoms with E-state index in [1.54, 1.807) is 24.4 Å². The van der Waals surface area contributed by atoms with E-state index in [1.165, 1.54) is 0 Å². The van der Waals surface area contributed by atoms with Crippen LogP contribution in [0.3, 0.4) is 0 Å². The van der Waals surface area contributed by atoms with E-state index >= 15 is 0 Å². The number of nitrogens with one attached hydrogen (secondary N) is 2. The molecule has 6 nitrogen and oxygen atoms in total. The van der Waals surface area contributed by atoms with E-state index in [0.717, 1.165) is 19.3 Å². The Morgan fingerprint density at radius 3 is 2.94 bits per heavy atom. The van der Waals surface area contributed by atoms with Crippen molar-refractivity contribution in [3.63, 3.8) is 0 Å². The smallest absolute Gasteiger partial charge is 0.327 e. The lowest BCUT2D eigenvalue weighted by Gasteiger charge is -2.05. The fourth-order valence-electron chi connectivity index (χ4n) is 1.30. The van der Waals surface area contributed by atoms with Gasteiger partial charge >= 0.3 is 6.03 Å². The average Bonchev–Trinajstić information content (AvgIpc) is 2.35. The van der Waals surface area contributed by atoms with Crippen molar-refractivity contribution in [3.05, 3.63) is 24.4 Å². The SMILES string of the molecule is CCCCCN=C(N)NC(=O)Nc1ccccn1. The number of aliphatic imine (C=N–C) groups is 1. The number of carbonyl (C=O) groups excluding carboxylic acids is 1. The quantitative estimate of drug-likeness (QED) is 0.421. The first-order chi connectivity index (χ1) is 8.72. The molecule has 0 saturated carbocycles. The monoisotopic (exact) mass is 249 g/mol. The van der Waals surface area contributed by atoms with E-state index in [2.05, 4.69) is 27.5 Å². The van der Waals surface area contributed by atoms with Gasteiger partial charge < -0.3 is 5.73 Å². The lowest BCUT2D eigenvalue weighted by Crippen LogP contribution is -2.39. The van der Waals surface area contributed by atoms with Crippen molar-refractivity contribution >= 4 is 17.8 Å². The van der Waals surface area contributed by atoms with E-state index in [4.69, 9.17) is 5.73 Å². The van der Waals surface area contributed by atoms with Crippen molar-refractivity contribution in [2.24, 2.45) is 10.7 Å². The van der Waals surface area contributed by atoms with Crippen LogP contribution in [0.1, 0.15) is 26.2 Å². The van der Waals surface area contributed by atoms with Crippen LogP contribution in [0.2, 0.25) is 0 Å². The van der Waals surface area contributed by atoms with E-state index in [1.807, 2.05) is 0 Å². The first-order valence-electron chi connectivity index (χ1n) is 6.01. The molecule has 0 aliphatic rings. The summed E-state index contributed by atoms with van der Waals surface area (Å²) in [6.45, 7) is 2.75. The number of nitrogens with zero attached hydrogens (tertiary/aromatic N) is 2. The molecule has 1 heterocycles. The third-order valence-electron chi connectivity index (χ3n) is 2.19. The summed E-state index contributed by atoms with van der Waals surface area (Å²) < 4.78 is 0. The van der Waals surface area contributed by atoms with Crippen molar-refractivity contribution < 1.29 is 4.79 Å². The number of anilines is 1. The number of carbonyl (C=O) groups is 1. The second-order valence-electron chi connectivity index (χ2n) is 3.77. The number of unbranched alkanes of at least 4 members (excludes halogenated alkanes) is 2. The summed E-state index contributed by atoms with van der Waals surface area (Å²) in [5, 5.41) is 5.00. The van der Waals surface area contributed by atoms with Gasteiger partial charge in [-0.3, -0.25) is 15.6 Å². The van der Waals surface area contributed by atoms with Gasteiger partial charge in [-0.1, -0.05) is 25.8 Å². The van der Waals surface area contributed by atoms with Crippen LogP contribution in [0.15, 0.2) is 29.4 Å². The Kier molecular flexibility index (Phi) is 6.24. The molecule has 0 radical (unpaired) electrons. The Morgan fingerprint density at radius 1 is 1.44 bits per heavy atom. The topological polar surface area (TPSA) is 92.4 Å². The summed E-state index contributed by atoms with van der Waals surface area (Å²) in [4.78, 5) is 19.5. The molecule has 1 rings (SSSR count). The van der Waals surface area contributed by atoms with Gasteiger partial charge in [-0.15, -0.1) is 0 Å². The molecule has 0 aliphatic carbocycles. The summed E-state index contributed by atoms with van der Waals surface area (Å²) in [5.74, 6) is 0.591. The molecule has 6 heteroatoms. The Morgan fingerprint density at radius 2 is 2.28 bits per heavy atom. The van der Waals surface area contributed by atoms with Gasteiger partial charge in [0.05, 0.1) is 0 Å². The minimum atomic E-state index is -0.439. The average molecular weight is 249 g/mol. The van der Waals surface area contributed by atoms with Crippen LogP contribution in [0.5, 0.6) is 0 Å². The number of urea groups is 1. The second kappa shape index (κ2) is 8.05. The normalized spacial score (nSPS) is 11.1. The highest BCUT2D eigenvalue weighted by atomic mass is 16.2. The number of hydrogen-bond donors (Lipinski definition) is 3. The molecular weight excluding hydrogens is 230 g/mol. The minimum Gasteiger partial charge on any atom is -0.370 e. The molecule has 0 bridgehead atoms. The van der Waals surface area contributed by atoms with Gasteiger partial charge in [0.1, 0.15) is 5.82 Å². The maximum absolute atomic E-state index is 11.5. The van der Waals surface area contributed by atoms with Crippen molar-refractivity contribution in [1.29, 1.82) is 0 Å². The third-order valence-corrected chi connectivity index (χ3v) is 2.19.